The van der Waals surface area contributed by atoms with Crippen LogP contribution in [0.25, 0.3) is 0 Å². The van der Waals surface area contributed by atoms with E-state index in [0.29, 0.717) is 11.9 Å². The van der Waals surface area contributed by atoms with Gasteiger partial charge in [-0.1, -0.05) is 0 Å². The van der Waals surface area contributed by atoms with E-state index in [2.05, 4.69) is 38.1 Å². The van der Waals surface area contributed by atoms with E-state index in [1.54, 1.807) is 0 Å². The van der Waals surface area contributed by atoms with Crippen LogP contribution >= 0.6 is 0 Å². The van der Waals surface area contributed by atoms with E-state index >= 15 is 0 Å². The van der Waals surface area contributed by atoms with E-state index in [1.165, 1.54) is 18.5 Å². The Balaban J connectivity index is 1.43. The van der Waals surface area contributed by atoms with Crippen molar-refractivity contribution in [2.75, 3.05) is 30.8 Å². The van der Waals surface area contributed by atoms with Gasteiger partial charge in [-0.25, -0.2) is 4.98 Å². The molecule has 2 aromatic heterocycles. The molecular weight excluding hydrogens is 316 g/mol. The fourth-order valence-electron chi connectivity index (χ4n) is 3.55. The Morgan fingerprint density at radius 3 is 2.80 bits per heavy atom. The first-order chi connectivity index (χ1) is 12.0. The van der Waals surface area contributed by atoms with Crippen molar-refractivity contribution in [2.24, 2.45) is 5.41 Å². The number of anilines is 2. The van der Waals surface area contributed by atoms with Gasteiger partial charge in [0.05, 0.1) is 18.0 Å². The van der Waals surface area contributed by atoms with Crippen LogP contribution in [-0.2, 0) is 11.3 Å². The summed E-state index contributed by atoms with van der Waals surface area (Å²) in [6.07, 6.45) is 3.42. The lowest BCUT2D eigenvalue weighted by Crippen LogP contribution is -2.23. The third kappa shape index (κ3) is 3.61. The topological polar surface area (TPSA) is 90.9 Å². The number of aryl methyl sites for hydroxylation is 2. The van der Waals surface area contributed by atoms with Crippen LogP contribution < -0.4 is 11.1 Å². The summed E-state index contributed by atoms with van der Waals surface area (Å²) in [7, 11) is 0. The van der Waals surface area contributed by atoms with Gasteiger partial charge in [-0.15, -0.1) is 0 Å². The Bertz CT molecular complexity index is 761. The van der Waals surface area contributed by atoms with Crippen molar-refractivity contribution in [3.8, 4) is 0 Å². The van der Waals surface area contributed by atoms with Crippen molar-refractivity contribution in [1.29, 1.82) is 0 Å². The number of hydrogen-bond donors (Lipinski definition) is 2. The van der Waals surface area contributed by atoms with Crippen molar-refractivity contribution in [3.63, 3.8) is 0 Å². The number of nitrogens with zero attached hydrogens (tertiary/aromatic N) is 4. The zero-order valence-electron chi connectivity index (χ0n) is 15.0. The number of ether oxygens (including phenoxy) is 1. The molecule has 134 valence electrons. The average molecular weight is 342 g/mol. The molecule has 1 aliphatic heterocycles. The molecule has 1 unspecified atom stereocenters. The summed E-state index contributed by atoms with van der Waals surface area (Å²) in [5.74, 6) is 1.47. The maximum atomic E-state index is 5.91. The minimum Gasteiger partial charge on any atom is -0.381 e. The number of aromatic nitrogens is 4. The van der Waals surface area contributed by atoms with Crippen LogP contribution in [0.1, 0.15) is 42.3 Å². The number of nitrogens with two attached hydrogens (primary N) is 1. The first kappa shape index (κ1) is 16.3. The van der Waals surface area contributed by atoms with Gasteiger partial charge in [-0.05, 0) is 39.2 Å². The molecule has 7 nitrogen and oxygen atoms in total. The molecule has 2 fully saturated rings. The van der Waals surface area contributed by atoms with Crippen molar-refractivity contribution in [3.05, 3.63) is 29.2 Å². The monoisotopic (exact) mass is 342 g/mol. The number of rotatable bonds is 6. The first-order valence-corrected chi connectivity index (χ1v) is 9.00. The molecule has 1 aliphatic carbocycles. The average Bonchev–Trinajstić information content (AvgIpc) is 2.98. The van der Waals surface area contributed by atoms with E-state index in [-0.39, 0.29) is 5.41 Å². The van der Waals surface area contributed by atoms with E-state index < -0.39 is 0 Å². The molecule has 3 N–H and O–H groups in total. The van der Waals surface area contributed by atoms with Gasteiger partial charge in [-0.3, -0.25) is 4.68 Å². The third-order valence-corrected chi connectivity index (χ3v) is 5.30. The van der Waals surface area contributed by atoms with Gasteiger partial charge >= 0.3 is 0 Å². The Morgan fingerprint density at radius 2 is 2.16 bits per heavy atom. The summed E-state index contributed by atoms with van der Waals surface area (Å²) in [6, 6.07) is 4.15. The summed E-state index contributed by atoms with van der Waals surface area (Å²) in [6.45, 7) is 7.50. The molecule has 7 heteroatoms. The molecule has 1 saturated heterocycles. The Morgan fingerprint density at radius 1 is 1.32 bits per heavy atom. The summed E-state index contributed by atoms with van der Waals surface area (Å²) in [5.41, 5.74) is 9.45. The smallest absolute Gasteiger partial charge is 0.222 e. The molecule has 0 aromatic carbocycles. The van der Waals surface area contributed by atoms with Crippen LogP contribution in [0.2, 0.25) is 0 Å². The predicted molar refractivity (Wildman–Crippen MR) is 96.5 cm³/mol. The molecule has 25 heavy (non-hydrogen) atoms. The highest BCUT2D eigenvalue weighted by molar-refractivity contribution is 5.42. The molecule has 2 aromatic rings. The van der Waals surface area contributed by atoms with Gasteiger partial charge in [0.25, 0.3) is 0 Å². The van der Waals surface area contributed by atoms with E-state index in [9.17, 15) is 0 Å². The van der Waals surface area contributed by atoms with Crippen molar-refractivity contribution in [2.45, 2.75) is 45.6 Å². The predicted octanol–water partition coefficient (Wildman–Crippen LogP) is 2.27. The van der Waals surface area contributed by atoms with Crippen LogP contribution in [0.4, 0.5) is 11.8 Å². The number of nitrogen functional groups attached to an aromatic ring is 1. The van der Waals surface area contributed by atoms with Crippen LogP contribution in [0, 0.1) is 19.3 Å². The molecule has 3 heterocycles. The van der Waals surface area contributed by atoms with Crippen molar-refractivity contribution in [1.82, 2.24) is 19.7 Å². The highest BCUT2D eigenvalue weighted by Crippen LogP contribution is 2.47. The summed E-state index contributed by atoms with van der Waals surface area (Å²) >= 11 is 0. The van der Waals surface area contributed by atoms with Crippen LogP contribution in [0.15, 0.2) is 12.1 Å². The minimum absolute atomic E-state index is 0.263. The lowest BCUT2D eigenvalue weighted by atomic mass is 10.0. The van der Waals surface area contributed by atoms with E-state index in [0.717, 1.165) is 49.9 Å². The van der Waals surface area contributed by atoms with Gasteiger partial charge in [0.2, 0.25) is 5.95 Å². The zero-order valence-corrected chi connectivity index (χ0v) is 15.0. The second-order valence-corrected chi connectivity index (χ2v) is 7.54. The maximum absolute atomic E-state index is 5.91. The summed E-state index contributed by atoms with van der Waals surface area (Å²) < 4.78 is 7.59. The Labute approximate surface area is 148 Å². The van der Waals surface area contributed by atoms with Crippen LogP contribution in [-0.4, -0.2) is 39.5 Å². The summed E-state index contributed by atoms with van der Waals surface area (Å²) in [5, 5.41) is 8.09. The molecule has 0 spiro atoms. The largest absolute Gasteiger partial charge is 0.381 e. The molecule has 0 amide bonds. The molecule has 1 saturated carbocycles. The molecule has 1 atom stereocenters. The second kappa shape index (κ2) is 6.29. The van der Waals surface area contributed by atoms with Crippen molar-refractivity contribution >= 4 is 11.8 Å². The maximum Gasteiger partial charge on any atom is 0.222 e. The zero-order chi connectivity index (χ0) is 17.4. The fourth-order valence-corrected chi connectivity index (χ4v) is 3.55. The molecule has 4 rings (SSSR count). The lowest BCUT2D eigenvalue weighted by Gasteiger charge is -2.18. The molecule has 0 bridgehead atoms. The Kier molecular flexibility index (Phi) is 4.11. The normalized spacial score (nSPS) is 21.4. The van der Waals surface area contributed by atoms with E-state index in [4.69, 9.17) is 10.5 Å². The Hall–Kier alpha value is -2.15. The number of nitrogens with one attached hydrogen (secondary N) is 1. The summed E-state index contributed by atoms with van der Waals surface area (Å²) in [4.78, 5) is 8.75. The quantitative estimate of drug-likeness (QED) is 0.837. The third-order valence-electron chi connectivity index (χ3n) is 5.30. The van der Waals surface area contributed by atoms with Crippen LogP contribution in [0.5, 0.6) is 0 Å². The lowest BCUT2D eigenvalue weighted by molar-refractivity contribution is 0.193. The van der Waals surface area contributed by atoms with Crippen molar-refractivity contribution < 1.29 is 4.74 Å². The van der Waals surface area contributed by atoms with Gasteiger partial charge < -0.3 is 15.8 Å². The van der Waals surface area contributed by atoms with Gasteiger partial charge in [0, 0.05) is 42.8 Å². The highest BCUT2D eigenvalue weighted by Gasteiger charge is 2.43. The molecule has 0 radical (unpaired) electrons. The molecular formula is C18H26N6O. The van der Waals surface area contributed by atoms with Crippen LogP contribution in [0.3, 0.4) is 0 Å². The van der Waals surface area contributed by atoms with E-state index in [1.807, 2.05) is 13.0 Å². The second-order valence-electron chi connectivity index (χ2n) is 7.54. The first-order valence-electron chi connectivity index (χ1n) is 9.00. The van der Waals surface area contributed by atoms with Gasteiger partial charge in [-0.2, -0.15) is 10.1 Å². The van der Waals surface area contributed by atoms with Gasteiger partial charge in [0.15, 0.2) is 0 Å². The number of hydrogen-bond acceptors (Lipinski definition) is 6. The fraction of sp³-hybridized carbons (Fsp3) is 0.611. The minimum atomic E-state index is 0.263. The standard InChI is InChI=1S/C18H26N6O/c1-12-7-13(2)24(23-12)11-18(4-5-18)10-20-16-8-15(21-17(19)22-16)14-3-6-25-9-14/h7-8,14H,3-6,9-11H2,1-2H3,(H3,19,20,21,22). The molecule has 2 aliphatic rings. The van der Waals surface area contributed by atoms with Gasteiger partial charge in [0.1, 0.15) is 5.82 Å². The highest BCUT2D eigenvalue weighted by atomic mass is 16.5. The SMILES string of the molecule is Cc1cc(C)n(CC2(CNc3cc(C4CCOC4)nc(N)n3)CC2)n1.